The molecule has 1 saturated heterocycles. The molecule has 2 aromatic carbocycles. The highest BCUT2D eigenvalue weighted by atomic mass is 35.5. The number of carbonyl (C=O) groups excluding carboxylic acids is 2. The van der Waals surface area contributed by atoms with Gasteiger partial charge >= 0.3 is 0 Å². The van der Waals surface area contributed by atoms with E-state index in [4.69, 9.17) is 32.4 Å². The highest BCUT2D eigenvalue weighted by molar-refractivity contribution is 6.34. The lowest BCUT2D eigenvalue weighted by Crippen LogP contribution is -2.63. The van der Waals surface area contributed by atoms with Crippen molar-refractivity contribution >= 4 is 45.9 Å². The second-order valence-electron chi connectivity index (χ2n) is 9.12. The molecule has 11 heteroatoms. The van der Waals surface area contributed by atoms with E-state index in [1.807, 2.05) is 6.20 Å². The molecule has 1 fully saturated rings. The second-order valence-corrected chi connectivity index (χ2v) is 9.99. The van der Waals surface area contributed by atoms with Crippen LogP contribution in [-0.4, -0.2) is 42.0 Å². The Bertz CT molecular complexity index is 1460. The quantitative estimate of drug-likeness (QED) is 0.237. The first-order valence-electron chi connectivity index (χ1n) is 12.1. The van der Waals surface area contributed by atoms with Gasteiger partial charge in [0.15, 0.2) is 5.76 Å². The number of aromatic amines is 1. The fourth-order valence-electron chi connectivity index (χ4n) is 4.58. The summed E-state index contributed by atoms with van der Waals surface area (Å²) < 4.78 is 24.9. The van der Waals surface area contributed by atoms with E-state index in [1.54, 1.807) is 24.3 Å². The summed E-state index contributed by atoms with van der Waals surface area (Å²) in [7, 11) is 0. The van der Waals surface area contributed by atoms with Crippen LogP contribution in [0.15, 0.2) is 59.1 Å². The molecule has 0 radical (unpaired) electrons. The maximum absolute atomic E-state index is 13.7. The van der Waals surface area contributed by atoms with Crippen LogP contribution in [0.1, 0.15) is 29.0 Å². The highest BCUT2D eigenvalue weighted by Gasteiger charge is 2.41. The summed E-state index contributed by atoms with van der Waals surface area (Å²) in [5, 5.41) is 10.6. The maximum Gasteiger partial charge on any atom is 0.290 e. The number of carbonyl (C=O) groups is 2. The van der Waals surface area contributed by atoms with Crippen LogP contribution in [0.4, 0.5) is 4.39 Å². The van der Waals surface area contributed by atoms with Crippen LogP contribution >= 0.6 is 23.2 Å². The lowest BCUT2D eigenvalue weighted by atomic mass is 9.87. The van der Waals surface area contributed by atoms with Crippen molar-refractivity contribution in [1.82, 2.24) is 20.9 Å². The average molecular weight is 559 g/mol. The number of benzene rings is 2. The molecule has 1 aliphatic rings. The summed E-state index contributed by atoms with van der Waals surface area (Å²) in [6.45, 7) is 1.46. The van der Waals surface area contributed by atoms with E-state index in [9.17, 15) is 14.0 Å². The second kappa shape index (κ2) is 11.1. The van der Waals surface area contributed by atoms with Gasteiger partial charge in [0.2, 0.25) is 5.91 Å². The van der Waals surface area contributed by atoms with Crippen LogP contribution in [-0.2, 0) is 11.2 Å². The van der Waals surface area contributed by atoms with E-state index in [-0.39, 0.29) is 23.4 Å². The van der Waals surface area contributed by atoms with E-state index in [2.05, 4.69) is 20.9 Å². The number of fused-ring (bicyclic) bond motifs is 1. The van der Waals surface area contributed by atoms with Gasteiger partial charge in [-0.25, -0.2) is 4.39 Å². The molecule has 2 amide bonds. The first-order valence-corrected chi connectivity index (χ1v) is 12.9. The first-order chi connectivity index (χ1) is 18.3. The minimum atomic E-state index is -1.11. The zero-order chi connectivity index (χ0) is 26.7. The minimum Gasteiger partial charge on any atom is -0.426 e. The van der Waals surface area contributed by atoms with Crippen molar-refractivity contribution in [3.05, 3.63) is 81.9 Å². The van der Waals surface area contributed by atoms with Crippen LogP contribution in [0.5, 0.6) is 11.7 Å². The predicted molar refractivity (Wildman–Crippen MR) is 143 cm³/mol. The topological polar surface area (TPSA) is 108 Å². The Labute approximate surface area is 227 Å². The number of piperidine rings is 1. The van der Waals surface area contributed by atoms with Crippen molar-refractivity contribution in [2.45, 2.75) is 24.8 Å². The van der Waals surface area contributed by atoms with Gasteiger partial charge in [-0.1, -0.05) is 23.2 Å². The third kappa shape index (κ3) is 5.80. The molecule has 0 spiro atoms. The van der Waals surface area contributed by atoms with Crippen LogP contribution in [0.25, 0.3) is 10.9 Å². The van der Waals surface area contributed by atoms with Gasteiger partial charge in [0.25, 0.3) is 11.9 Å². The van der Waals surface area contributed by atoms with Gasteiger partial charge in [-0.05, 0) is 80.4 Å². The molecule has 198 valence electrons. The van der Waals surface area contributed by atoms with Gasteiger partial charge < -0.3 is 30.1 Å². The molecule has 4 aromatic rings. The van der Waals surface area contributed by atoms with Gasteiger partial charge in [-0.2, -0.15) is 0 Å². The Morgan fingerprint density at radius 3 is 2.58 bits per heavy atom. The van der Waals surface area contributed by atoms with E-state index in [0.717, 1.165) is 16.5 Å². The predicted octanol–water partition coefficient (Wildman–Crippen LogP) is 5.21. The van der Waals surface area contributed by atoms with E-state index in [1.165, 1.54) is 24.3 Å². The SMILES string of the molecule is O=C(NC1(C(=O)NCCc2c[nH]c3ccc(F)cc23)CCNCC1)c1ccc(Oc2cc(Cl)cc(Cl)c2)o1. The molecule has 4 N–H and O–H groups in total. The van der Waals surface area contributed by atoms with Crippen molar-refractivity contribution < 1.29 is 23.1 Å². The molecule has 0 aliphatic carbocycles. The Morgan fingerprint density at radius 1 is 1.05 bits per heavy atom. The largest absolute Gasteiger partial charge is 0.426 e. The third-order valence-electron chi connectivity index (χ3n) is 6.51. The Morgan fingerprint density at radius 2 is 1.82 bits per heavy atom. The van der Waals surface area contributed by atoms with Crippen molar-refractivity contribution in [1.29, 1.82) is 0 Å². The number of halogens is 3. The zero-order valence-electron chi connectivity index (χ0n) is 20.2. The molecule has 0 atom stereocenters. The molecule has 38 heavy (non-hydrogen) atoms. The van der Waals surface area contributed by atoms with Gasteiger partial charge in [0.05, 0.1) is 0 Å². The minimum absolute atomic E-state index is 0.000322. The molecule has 3 heterocycles. The third-order valence-corrected chi connectivity index (χ3v) is 6.95. The average Bonchev–Trinajstić information content (AvgIpc) is 3.51. The lowest BCUT2D eigenvalue weighted by molar-refractivity contribution is -0.128. The zero-order valence-corrected chi connectivity index (χ0v) is 21.7. The van der Waals surface area contributed by atoms with Crippen LogP contribution in [0, 0.1) is 5.82 Å². The van der Waals surface area contributed by atoms with E-state index in [0.29, 0.717) is 54.7 Å². The number of aromatic nitrogens is 1. The van der Waals surface area contributed by atoms with E-state index >= 15 is 0 Å². The summed E-state index contributed by atoms with van der Waals surface area (Å²) in [6, 6.07) is 12.2. The smallest absolute Gasteiger partial charge is 0.290 e. The molecule has 1 aliphatic heterocycles. The van der Waals surface area contributed by atoms with Crippen LogP contribution in [0.2, 0.25) is 10.0 Å². The fraction of sp³-hybridized carbons (Fsp3) is 0.259. The molecular weight excluding hydrogens is 534 g/mol. The number of ether oxygens (including phenoxy) is 1. The number of nitrogens with one attached hydrogen (secondary N) is 4. The molecule has 2 aromatic heterocycles. The van der Waals surface area contributed by atoms with Crippen molar-refractivity contribution in [3.8, 4) is 11.7 Å². The number of hydrogen-bond acceptors (Lipinski definition) is 5. The molecule has 0 unspecified atom stereocenters. The Kier molecular flexibility index (Phi) is 7.60. The van der Waals surface area contributed by atoms with Crippen molar-refractivity contribution in [2.75, 3.05) is 19.6 Å². The molecule has 8 nitrogen and oxygen atoms in total. The summed E-state index contributed by atoms with van der Waals surface area (Å²) in [4.78, 5) is 29.5. The van der Waals surface area contributed by atoms with Crippen LogP contribution in [0.3, 0.4) is 0 Å². The van der Waals surface area contributed by atoms with Gasteiger partial charge in [0, 0.05) is 39.8 Å². The molecular formula is C27H25Cl2FN4O4. The Balaban J connectivity index is 1.24. The number of rotatable bonds is 8. The van der Waals surface area contributed by atoms with Gasteiger partial charge in [-0.15, -0.1) is 0 Å². The lowest BCUT2D eigenvalue weighted by Gasteiger charge is -2.36. The van der Waals surface area contributed by atoms with E-state index < -0.39 is 11.4 Å². The first kappa shape index (κ1) is 26.1. The monoisotopic (exact) mass is 558 g/mol. The molecule has 0 bridgehead atoms. The number of furan rings is 1. The van der Waals surface area contributed by atoms with Crippen LogP contribution < -0.4 is 20.7 Å². The van der Waals surface area contributed by atoms with Crippen molar-refractivity contribution in [3.63, 3.8) is 0 Å². The normalized spacial score (nSPS) is 14.8. The van der Waals surface area contributed by atoms with Gasteiger partial charge in [-0.3, -0.25) is 9.59 Å². The maximum atomic E-state index is 13.7. The van der Waals surface area contributed by atoms with Crippen molar-refractivity contribution in [2.24, 2.45) is 0 Å². The summed E-state index contributed by atoms with van der Waals surface area (Å²) >= 11 is 12.0. The van der Waals surface area contributed by atoms with Gasteiger partial charge in [0.1, 0.15) is 17.1 Å². The standard InChI is InChI=1S/C27H25Cl2FN4O4/c28-17-11-18(29)13-20(12-17)37-24-4-3-23(38-24)25(35)34-27(6-9-31-10-7-27)26(36)32-8-5-16-15-33-22-2-1-19(30)14-21(16)22/h1-4,11-15,31,33H,5-10H2,(H,32,36)(H,34,35). The highest BCUT2D eigenvalue weighted by Crippen LogP contribution is 2.30. The molecule has 5 rings (SSSR count). The number of hydrogen-bond donors (Lipinski definition) is 4. The number of amides is 2. The summed E-state index contributed by atoms with van der Waals surface area (Å²) in [6.07, 6.45) is 3.14. The number of H-pyrrole nitrogens is 1. The molecule has 0 saturated carbocycles. The Hall–Kier alpha value is -3.53. The fourth-order valence-corrected chi connectivity index (χ4v) is 5.09. The summed E-state index contributed by atoms with van der Waals surface area (Å²) in [5.41, 5.74) is 0.616. The summed E-state index contributed by atoms with van der Waals surface area (Å²) in [5.74, 6) is -0.701.